The molecule has 4 aromatic carbocycles. The van der Waals surface area contributed by atoms with Crippen molar-refractivity contribution in [2.24, 2.45) is 0 Å². The number of phenols is 2. The van der Waals surface area contributed by atoms with Gasteiger partial charge in [-0.05, 0) is 72.8 Å². The summed E-state index contributed by atoms with van der Waals surface area (Å²) < 4.78 is 71.9. The largest absolute Gasteiger partial charge is 0.506 e. The number of carbonyl (C=O) groups is 2. The minimum atomic E-state index is -4.62. The van der Waals surface area contributed by atoms with Crippen LogP contribution in [0.4, 0.5) is 0 Å². The molecule has 1 saturated heterocycles. The van der Waals surface area contributed by atoms with Crippen molar-refractivity contribution in [1.82, 2.24) is 10.6 Å². The molecule has 1 aliphatic rings. The second kappa shape index (κ2) is 17.2. The molecular weight excluding hydrogens is 715 g/mol. The predicted molar refractivity (Wildman–Crippen MR) is 174 cm³/mol. The number of hydrogen-bond donors (Lipinski definition) is 6. The van der Waals surface area contributed by atoms with Gasteiger partial charge in [0.1, 0.15) is 32.8 Å². The van der Waals surface area contributed by atoms with Crippen molar-refractivity contribution in [3.8, 4) is 23.0 Å². The average molecular weight is 744 g/mol. The molecule has 1 fully saturated rings. The number of nitrogens with one attached hydrogen (secondary N) is 2. The van der Waals surface area contributed by atoms with Crippen molar-refractivity contribution in [2.45, 2.75) is 9.79 Å². The standard InChI is InChI=1S/2C13H9ClO6S.C4H10N2/c2*14-9-3-1-8(2-4-9)13(16)20-10-5-6-11(15)12(7-10)21(17,18)19;1-2-6-4-3-5-1/h2*1-7,15H,(H,17,18,19);5-6H,1-4H2. The predicted octanol–water partition coefficient (Wildman–Crippen LogP) is 4.20. The molecule has 256 valence electrons. The summed E-state index contributed by atoms with van der Waals surface area (Å²) in [6.07, 6.45) is 0. The van der Waals surface area contributed by atoms with Crippen LogP contribution in [0.1, 0.15) is 20.7 Å². The van der Waals surface area contributed by atoms with E-state index >= 15 is 0 Å². The molecule has 4 aromatic rings. The van der Waals surface area contributed by atoms with E-state index in [9.17, 15) is 36.6 Å². The second-order valence-electron chi connectivity index (χ2n) is 9.50. The summed E-state index contributed by atoms with van der Waals surface area (Å²) in [5.74, 6) is -3.05. The lowest BCUT2D eigenvalue weighted by atomic mass is 10.2. The van der Waals surface area contributed by atoms with Crippen molar-refractivity contribution in [3.63, 3.8) is 0 Å². The Hall–Kier alpha value is -4.26. The number of phenolic OH excluding ortho intramolecular Hbond substituents is 2. The SMILES string of the molecule is C1CNCCN1.O=C(Oc1ccc(O)c(S(=O)(=O)O)c1)c1ccc(Cl)cc1.O=C(Oc1ccc(O)c(S(=O)(=O)O)c1)c1ccc(Cl)cc1. The lowest BCUT2D eigenvalue weighted by Crippen LogP contribution is -2.39. The van der Waals surface area contributed by atoms with Gasteiger partial charge in [-0.15, -0.1) is 0 Å². The van der Waals surface area contributed by atoms with Gasteiger partial charge < -0.3 is 30.3 Å². The fourth-order valence-corrected chi connectivity index (χ4v) is 5.08. The number of piperazine rings is 1. The van der Waals surface area contributed by atoms with Gasteiger partial charge in [0.15, 0.2) is 0 Å². The number of benzene rings is 4. The van der Waals surface area contributed by atoms with Crippen LogP contribution < -0.4 is 20.1 Å². The van der Waals surface area contributed by atoms with E-state index in [0.29, 0.717) is 10.0 Å². The number of aromatic hydroxyl groups is 2. The van der Waals surface area contributed by atoms with Crippen LogP contribution in [-0.2, 0) is 20.2 Å². The first kappa shape index (κ1) is 38.2. The molecule has 5 rings (SSSR count). The Labute approximate surface area is 285 Å². The third kappa shape index (κ3) is 12.1. The highest BCUT2D eigenvalue weighted by molar-refractivity contribution is 7.86. The summed E-state index contributed by atoms with van der Waals surface area (Å²) in [6.45, 7) is 4.56. The quantitative estimate of drug-likeness (QED) is 0.0925. The zero-order valence-corrected chi connectivity index (χ0v) is 27.7. The van der Waals surface area contributed by atoms with E-state index in [1.165, 1.54) is 60.7 Å². The Morgan fingerprint density at radius 3 is 1.15 bits per heavy atom. The minimum Gasteiger partial charge on any atom is -0.506 e. The van der Waals surface area contributed by atoms with Crippen LogP contribution in [0.5, 0.6) is 23.0 Å². The third-order valence-electron chi connectivity index (χ3n) is 5.96. The van der Waals surface area contributed by atoms with Gasteiger partial charge >= 0.3 is 11.9 Å². The second-order valence-corrected chi connectivity index (χ2v) is 13.2. The van der Waals surface area contributed by atoms with E-state index in [1.807, 2.05) is 0 Å². The normalized spacial score (nSPS) is 12.8. The topological polar surface area (TPSA) is 226 Å². The summed E-state index contributed by atoms with van der Waals surface area (Å²) in [7, 11) is -9.24. The fraction of sp³-hybridized carbons (Fsp3) is 0.133. The van der Waals surface area contributed by atoms with Gasteiger partial charge in [0, 0.05) is 48.4 Å². The number of rotatable bonds is 6. The highest BCUT2D eigenvalue weighted by Gasteiger charge is 2.19. The molecule has 0 amide bonds. The maximum Gasteiger partial charge on any atom is 0.343 e. The summed E-state index contributed by atoms with van der Waals surface area (Å²) in [4.78, 5) is 22.2. The molecule has 6 N–H and O–H groups in total. The minimum absolute atomic E-state index is 0.139. The van der Waals surface area contributed by atoms with Gasteiger partial charge in [0.25, 0.3) is 20.2 Å². The molecule has 0 saturated carbocycles. The molecule has 0 unspecified atom stereocenters. The Kier molecular flexibility index (Phi) is 13.7. The molecule has 0 aromatic heterocycles. The third-order valence-corrected chi connectivity index (χ3v) is 8.23. The monoisotopic (exact) mass is 742 g/mol. The number of hydrogen-bond acceptors (Lipinski definition) is 12. The summed E-state index contributed by atoms with van der Waals surface area (Å²) in [6, 6.07) is 17.8. The molecule has 14 nitrogen and oxygen atoms in total. The first-order valence-electron chi connectivity index (χ1n) is 13.5. The maximum atomic E-state index is 11.8. The van der Waals surface area contributed by atoms with Crippen LogP contribution in [0.2, 0.25) is 10.0 Å². The van der Waals surface area contributed by atoms with Crippen LogP contribution in [0.15, 0.2) is 94.7 Å². The molecule has 0 radical (unpaired) electrons. The lowest BCUT2D eigenvalue weighted by Gasteiger charge is -2.11. The van der Waals surface area contributed by atoms with Crippen molar-refractivity contribution in [2.75, 3.05) is 26.2 Å². The van der Waals surface area contributed by atoms with E-state index in [-0.39, 0.29) is 22.6 Å². The Morgan fingerprint density at radius 1 is 0.562 bits per heavy atom. The van der Waals surface area contributed by atoms with Gasteiger partial charge in [-0.1, -0.05) is 23.2 Å². The van der Waals surface area contributed by atoms with Crippen molar-refractivity contribution >= 4 is 55.4 Å². The van der Waals surface area contributed by atoms with E-state index in [1.54, 1.807) is 0 Å². The summed E-state index contributed by atoms with van der Waals surface area (Å²) in [5, 5.41) is 26.1. The molecule has 48 heavy (non-hydrogen) atoms. The lowest BCUT2D eigenvalue weighted by molar-refractivity contribution is 0.0724. The van der Waals surface area contributed by atoms with Crippen LogP contribution in [0.3, 0.4) is 0 Å². The van der Waals surface area contributed by atoms with E-state index in [2.05, 4.69) is 10.6 Å². The van der Waals surface area contributed by atoms with E-state index in [4.69, 9.17) is 41.8 Å². The number of esters is 2. The van der Waals surface area contributed by atoms with Gasteiger partial charge in [0.2, 0.25) is 0 Å². The molecule has 18 heteroatoms. The molecular formula is C30H28Cl2N2O12S2. The van der Waals surface area contributed by atoms with Crippen LogP contribution in [0, 0.1) is 0 Å². The maximum absolute atomic E-state index is 11.8. The van der Waals surface area contributed by atoms with Crippen molar-refractivity contribution in [1.29, 1.82) is 0 Å². The average Bonchev–Trinajstić information content (AvgIpc) is 3.04. The van der Waals surface area contributed by atoms with E-state index in [0.717, 1.165) is 50.4 Å². The highest BCUT2D eigenvalue weighted by Crippen LogP contribution is 2.29. The summed E-state index contributed by atoms with van der Waals surface area (Å²) in [5.41, 5.74) is 0.418. The molecule has 1 heterocycles. The van der Waals surface area contributed by atoms with Gasteiger partial charge in [-0.2, -0.15) is 16.8 Å². The Morgan fingerprint density at radius 2 is 0.875 bits per heavy atom. The van der Waals surface area contributed by atoms with Gasteiger partial charge in [-0.3, -0.25) is 9.11 Å². The van der Waals surface area contributed by atoms with Crippen LogP contribution in [0.25, 0.3) is 0 Å². The van der Waals surface area contributed by atoms with Crippen LogP contribution >= 0.6 is 23.2 Å². The first-order chi connectivity index (χ1) is 22.5. The molecule has 0 bridgehead atoms. The van der Waals surface area contributed by atoms with Gasteiger partial charge in [0.05, 0.1) is 11.1 Å². The van der Waals surface area contributed by atoms with Gasteiger partial charge in [-0.25, -0.2) is 9.59 Å². The zero-order valence-electron chi connectivity index (χ0n) is 24.5. The molecule has 0 spiro atoms. The number of carbonyl (C=O) groups excluding carboxylic acids is 2. The smallest absolute Gasteiger partial charge is 0.343 e. The number of halogens is 2. The molecule has 1 aliphatic heterocycles. The molecule has 0 atom stereocenters. The van der Waals surface area contributed by atoms with Crippen LogP contribution in [-0.4, -0.2) is 74.3 Å². The van der Waals surface area contributed by atoms with E-state index < -0.39 is 53.5 Å². The fourth-order valence-electron chi connectivity index (χ4n) is 3.64. The number of ether oxygens (including phenoxy) is 2. The summed E-state index contributed by atoms with van der Waals surface area (Å²) >= 11 is 11.4. The first-order valence-corrected chi connectivity index (χ1v) is 17.2. The molecule has 0 aliphatic carbocycles. The Balaban J connectivity index is 0.000000222. The van der Waals surface area contributed by atoms with Crippen molar-refractivity contribution in [3.05, 3.63) is 106 Å². The van der Waals surface area contributed by atoms with Crippen molar-refractivity contribution < 1.29 is 55.2 Å². The highest BCUT2D eigenvalue weighted by atomic mass is 35.5. The Bertz CT molecular complexity index is 1800. The zero-order chi connectivity index (χ0) is 35.5.